The SMILES string of the molecule is C=C(C)C(=O)OC.C=C(C)C(=O)OC.C=C(CCO)C(=O)O.C=Cc1ccccc1. The molecule has 0 bridgehead atoms. The molecule has 0 aliphatic heterocycles. The Kier molecular flexibility index (Phi) is 21.1. The van der Waals surface area contributed by atoms with E-state index in [2.05, 4.69) is 35.8 Å². The molecular weight excluding hydrogens is 388 g/mol. The highest BCUT2D eigenvalue weighted by molar-refractivity contribution is 5.87. The fraction of sp³-hybridized carbons (Fsp3) is 0.261. The summed E-state index contributed by atoms with van der Waals surface area (Å²) in [7, 11) is 2.66. The number of aliphatic carboxylic acids is 1. The third-order valence-electron chi connectivity index (χ3n) is 2.82. The lowest BCUT2D eigenvalue weighted by atomic mass is 10.2. The van der Waals surface area contributed by atoms with Crippen LogP contribution in [0.1, 0.15) is 25.8 Å². The van der Waals surface area contributed by atoms with Gasteiger partial charge in [-0.15, -0.1) is 0 Å². The first-order valence-electron chi connectivity index (χ1n) is 8.65. The van der Waals surface area contributed by atoms with Gasteiger partial charge in [0.15, 0.2) is 0 Å². The Hall–Kier alpha value is -3.45. The molecule has 166 valence electrons. The Morgan fingerprint density at radius 1 is 0.933 bits per heavy atom. The molecule has 0 amide bonds. The van der Waals surface area contributed by atoms with Crippen LogP contribution in [0.2, 0.25) is 0 Å². The summed E-state index contributed by atoms with van der Waals surface area (Å²) >= 11 is 0. The van der Waals surface area contributed by atoms with Crippen LogP contribution >= 0.6 is 0 Å². The molecule has 0 fully saturated rings. The van der Waals surface area contributed by atoms with Gasteiger partial charge in [0, 0.05) is 29.7 Å². The first kappa shape index (κ1) is 31.3. The molecule has 0 unspecified atom stereocenters. The number of carbonyl (C=O) groups is 3. The maximum Gasteiger partial charge on any atom is 0.332 e. The third-order valence-corrected chi connectivity index (χ3v) is 2.82. The number of aliphatic hydroxyl groups excluding tert-OH is 1. The van der Waals surface area contributed by atoms with Gasteiger partial charge in [-0.1, -0.05) is 62.7 Å². The summed E-state index contributed by atoms with van der Waals surface area (Å²) in [5.41, 5.74) is 2.09. The number of hydrogen-bond acceptors (Lipinski definition) is 6. The number of benzene rings is 1. The van der Waals surface area contributed by atoms with E-state index < -0.39 is 5.97 Å². The van der Waals surface area contributed by atoms with E-state index in [1.807, 2.05) is 36.4 Å². The quantitative estimate of drug-likeness (QED) is 0.532. The van der Waals surface area contributed by atoms with Crippen LogP contribution in [-0.2, 0) is 23.9 Å². The minimum Gasteiger partial charge on any atom is -0.478 e. The average molecular weight is 421 g/mol. The molecule has 0 spiro atoms. The number of ether oxygens (including phenoxy) is 2. The Bertz CT molecular complexity index is 678. The molecule has 0 aromatic heterocycles. The highest BCUT2D eigenvalue weighted by atomic mass is 16.5. The highest BCUT2D eigenvalue weighted by Crippen LogP contribution is 1.97. The fourth-order valence-corrected chi connectivity index (χ4v) is 1.18. The largest absolute Gasteiger partial charge is 0.478 e. The zero-order chi connectivity index (χ0) is 24.1. The minimum atomic E-state index is -1.04. The van der Waals surface area contributed by atoms with Gasteiger partial charge < -0.3 is 19.7 Å². The molecule has 0 atom stereocenters. The van der Waals surface area contributed by atoms with E-state index in [0.717, 1.165) is 0 Å². The van der Waals surface area contributed by atoms with Gasteiger partial charge in [0.1, 0.15) is 0 Å². The maximum atomic E-state index is 10.2. The van der Waals surface area contributed by atoms with E-state index in [1.165, 1.54) is 19.8 Å². The Morgan fingerprint density at radius 3 is 1.47 bits per heavy atom. The molecule has 1 aromatic carbocycles. The molecule has 2 N–H and O–H groups in total. The first-order chi connectivity index (χ1) is 14.0. The predicted octanol–water partition coefficient (Wildman–Crippen LogP) is 3.81. The molecule has 0 aliphatic carbocycles. The van der Waals surface area contributed by atoms with E-state index in [4.69, 9.17) is 10.2 Å². The smallest absolute Gasteiger partial charge is 0.332 e. The number of carboxylic acids is 1. The second kappa shape index (κ2) is 20.3. The summed E-state index contributed by atoms with van der Waals surface area (Å²) in [5, 5.41) is 16.3. The van der Waals surface area contributed by atoms with Gasteiger partial charge in [-0.3, -0.25) is 0 Å². The van der Waals surface area contributed by atoms with Gasteiger partial charge in [0.25, 0.3) is 0 Å². The van der Waals surface area contributed by atoms with Crippen molar-refractivity contribution in [2.24, 2.45) is 0 Å². The van der Waals surface area contributed by atoms with Crippen molar-refractivity contribution in [3.8, 4) is 0 Å². The summed E-state index contributed by atoms with van der Waals surface area (Å²) in [6.45, 7) is 16.6. The number of aliphatic hydroxyl groups is 1. The van der Waals surface area contributed by atoms with Crippen LogP contribution in [0.3, 0.4) is 0 Å². The molecule has 7 nitrogen and oxygen atoms in total. The van der Waals surface area contributed by atoms with Crippen molar-refractivity contribution in [1.82, 2.24) is 0 Å². The topological polar surface area (TPSA) is 110 Å². The predicted molar refractivity (Wildman–Crippen MR) is 119 cm³/mol. The summed E-state index contributed by atoms with van der Waals surface area (Å²) < 4.78 is 8.55. The van der Waals surface area contributed by atoms with E-state index in [0.29, 0.717) is 11.1 Å². The summed E-state index contributed by atoms with van der Waals surface area (Å²) in [5.74, 6) is -1.74. The van der Waals surface area contributed by atoms with Crippen molar-refractivity contribution < 1.29 is 34.1 Å². The van der Waals surface area contributed by atoms with E-state index in [-0.39, 0.29) is 30.5 Å². The molecule has 0 heterocycles. The second-order valence-corrected chi connectivity index (χ2v) is 5.54. The summed E-state index contributed by atoms with van der Waals surface area (Å²) in [4.78, 5) is 30.3. The normalized spacial score (nSPS) is 8.17. The van der Waals surface area contributed by atoms with Gasteiger partial charge in [0.05, 0.1) is 14.2 Å². The monoisotopic (exact) mass is 420 g/mol. The fourth-order valence-electron chi connectivity index (χ4n) is 1.18. The number of methoxy groups -OCH3 is 2. The molecule has 0 aliphatic rings. The summed E-state index contributed by atoms with van der Waals surface area (Å²) in [6, 6.07) is 10.0. The van der Waals surface area contributed by atoms with Crippen molar-refractivity contribution in [1.29, 1.82) is 0 Å². The maximum absolute atomic E-state index is 10.2. The average Bonchev–Trinajstić information content (AvgIpc) is 2.74. The lowest BCUT2D eigenvalue weighted by Gasteiger charge is -1.91. The van der Waals surface area contributed by atoms with Crippen LogP contribution in [0.25, 0.3) is 6.08 Å². The van der Waals surface area contributed by atoms with Crippen molar-refractivity contribution in [3.63, 3.8) is 0 Å². The summed E-state index contributed by atoms with van der Waals surface area (Å²) in [6.07, 6.45) is 1.98. The van der Waals surface area contributed by atoms with Crippen LogP contribution in [-0.4, -0.2) is 48.9 Å². The first-order valence-corrected chi connectivity index (χ1v) is 8.65. The van der Waals surface area contributed by atoms with Crippen molar-refractivity contribution >= 4 is 24.0 Å². The van der Waals surface area contributed by atoms with Crippen molar-refractivity contribution in [3.05, 3.63) is 78.9 Å². The standard InChI is InChI=1S/C8H8.C5H8O3.2C5H8O2/c1-2-8-6-4-3-5-7-8;1-4(2-3-6)5(7)8;2*1-4(2)5(6)7-3/h2-7H,1H2;6H,1-3H2,(H,7,8);2*1H2,2-3H3. The number of esters is 2. The molecule has 0 saturated heterocycles. The Balaban J connectivity index is -0.000000325. The van der Waals surface area contributed by atoms with E-state index in [9.17, 15) is 14.4 Å². The van der Waals surface area contributed by atoms with Gasteiger partial charge in [-0.2, -0.15) is 0 Å². The van der Waals surface area contributed by atoms with E-state index in [1.54, 1.807) is 13.8 Å². The van der Waals surface area contributed by atoms with Crippen molar-refractivity contribution in [2.75, 3.05) is 20.8 Å². The molecular formula is C23H32O7. The number of carbonyl (C=O) groups excluding carboxylic acids is 2. The van der Waals surface area contributed by atoms with Crippen LogP contribution in [0.5, 0.6) is 0 Å². The zero-order valence-corrected chi connectivity index (χ0v) is 18.1. The molecule has 7 heteroatoms. The molecule has 0 radical (unpaired) electrons. The van der Waals surface area contributed by atoms with Crippen LogP contribution in [0, 0.1) is 0 Å². The molecule has 1 aromatic rings. The lowest BCUT2D eigenvalue weighted by molar-refractivity contribution is -0.136. The number of hydrogen-bond donors (Lipinski definition) is 2. The number of carboxylic acid groups (broad SMARTS) is 1. The van der Waals surface area contributed by atoms with Crippen molar-refractivity contribution in [2.45, 2.75) is 20.3 Å². The lowest BCUT2D eigenvalue weighted by Crippen LogP contribution is -2.00. The second-order valence-electron chi connectivity index (χ2n) is 5.54. The van der Waals surface area contributed by atoms with Gasteiger partial charge in [-0.25, -0.2) is 14.4 Å². The van der Waals surface area contributed by atoms with Gasteiger partial charge in [0.2, 0.25) is 0 Å². The minimum absolute atomic E-state index is 0.0486. The zero-order valence-electron chi connectivity index (χ0n) is 18.1. The van der Waals surface area contributed by atoms with Crippen LogP contribution < -0.4 is 0 Å². The third kappa shape index (κ3) is 20.9. The Labute approximate surface area is 178 Å². The van der Waals surface area contributed by atoms with Gasteiger partial charge in [-0.05, 0) is 19.4 Å². The van der Waals surface area contributed by atoms with E-state index >= 15 is 0 Å². The highest BCUT2D eigenvalue weighted by Gasteiger charge is 2.00. The molecule has 1 rings (SSSR count). The molecule has 30 heavy (non-hydrogen) atoms. The Morgan fingerprint density at radius 2 is 1.33 bits per heavy atom. The van der Waals surface area contributed by atoms with Gasteiger partial charge >= 0.3 is 17.9 Å². The van der Waals surface area contributed by atoms with Crippen LogP contribution in [0.15, 0.2) is 73.4 Å². The molecule has 0 saturated carbocycles. The number of rotatable bonds is 6. The van der Waals surface area contributed by atoms with Crippen LogP contribution in [0.4, 0.5) is 0 Å².